The van der Waals surface area contributed by atoms with Crippen LogP contribution in [0.2, 0.25) is 5.02 Å². The highest BCUT2D eigenvalue weighted by Gasteiger charge is 2.29. The Morgan fingerprint density at radius 1 is 1.32 bits per heavy atom. The summed E-state index contributed by atoms with van der Waals surface area (Å²) in [6, 6.07) is 7.93. The minimum absolute atomic E-state index is 0.132. The topological polar surface area (TPSA) is 38.4 Å². The van der Waals surface area contributed by atoms with Gasteiger partial charge in [0.2, 0.25) is 0 Å². The third kappa shape index (κ3) is 3.43. The van der Waals surface area contributed by atoms with E-state index in [2.05, 4.69) is 54.1 Å². The minimum atomic E-state index is -0.132. The average Bonchev–Trinajstić information content (AvgIpc) is 2.46. The molecule has 19 heavy (non-hydrogen) atoms. The molecule has 0 fully saturated rings. The number of thiol groups is 1. The smallest absolute Gasteiger partial charge is 0.103 e. The first-order valence-electron chi connectivity index (χ1n) is 6.16. The maximum Gasteiger partial charge on any atom is 0.103 e. The van der Waals surface area contributed by atoms with Crippen molar-refractivity contribution in [1.82, 2.24) is 0 Å². The van der Waals surface area contributed by atoms with Gasteiger partial charge < -0.3 is 5.73 Å². The fourth-order valence-electron chi connectivity index (χ4n) is 2.16. The molecule has 0 aliphatic heterocycles. The second-order valence-electron chi connectivity index (χ2n) is 4.62. The molecule has 1 aliphatic carbocycles. The number of amidine groups is 1. The molecule has 100 valence electrons. The lowest BCUT2D eigenvalue weighted by molar-refractivity contribution is 0.551. The van der Waals surface area contributed by atoms with Gasteiger partial charge in [0.05, 0.1) is 6.54 Å². The molecule has 2 nitrogen and oxygen atoms in total. The number of benzene rings is 1. The largest absolute Gasteiger partial charge is 0.387 e. The molecule has 2 rings (SSSR count). The molecule has 0 radical (unpaired) electrons. The summed E-state index contributed by atoms with van der Waals surface area (Å²) in [4.78, 5) is 4.44. The van der Waals surface area contributed by atoms with Gasteiger partial charge in [-0.25, -0.2) is 0 Å². The number of allylic oxidation sites excluding steroid dienone is 3. The summed E-state index contributed by atoms with van der Waals surface area (Å²) in [6.07, 6.45) is 9.37. The minimum Gasteiger partial charge on any atom is -0.387 e. The van der Waals surface area contributed by atoms with Gasteiger partial charge in [-0.15, -0.1) is 0 Å². The van der Waals surface area contributed by atoms with E-state index in [9.17, 15) is 0 Å². The summed E-state index contributed by atoms with van der Waals surface area (Å²) in [5, 5.41) is 0.743. The van der Waals surface area contributed by atoms with Gasteiger partial charge >= 0.3 is 0 Å². The molecule has 1 aliphatic rings. The molecule has 0 spiro atoms. The van der Waals surface area contributed by atoms with Crippen LogP contribution in [0.4, 0.5) is 0 Å². The van der Waals surface area contributed by atoms with Crippen LogP contribution in [0.15, 0.2) is 53.6 Å². The van der Waals surface area contributed by atoms with E-state index in [1.54, 1.807) is 0 Å². The maximum atomic E-state index is 5.96. The van der Waals surface area contributed by atoms with Crippen molar-refractivity contribution in [3.05, 3.63) is 59.2 Å². The van der Waals surface area contributed by atoms with Crippen LogP contribution in [0.3, 0.4) is 0 Å². The SMILES string of the molecule is NC(CS)=NCC1(c2ccc(Cl)cc2)C=CC=CC1. The first kappa shape index (κ1) is 14.2. The Balaban J connectivity index is 2.32. The van der Waals surface area contributed by atoms with Crippen LogP contribution < -0.4 is 5.73 Å². The third-order valence-electron chi connectivity index (χ3n) is 3.29. The Bertz CT molecular complexity index is 519. The van der Waals surface area contributed by atoms with Gasteiger partial charge in [0.25, 0.3) is 0 Å². The van der Waals surface area contributed by atoms with Gasteiger partial charge in [0.1, 0.15) is 5.84 Å². The number of rotatable bonds is 4. The fraction of sp³-hybridized carbons (Fsp3) is 0.267. The number of nitrogens with zero attached hydrogens (tertiary/aromatic N) is 1. The molecule has 0 amide bonds. The Kier molecular flexibility index (Phi) is 4.72. The number of halogens is 1. The van der Waals surface area contributed by atoms with Gasteiger partial charge in [-0.1, -0.05) is 48.0 Å². The predicted molar refractivity (Wildman–Crippen MR) is 86.4 cm³/mol. The number of aliphatic imine (C=N–C) groups is 1. The molecular weight excluding hydrogens is 276 g/mol. The molecule has 0 saturated heterocycles. The van der Waals surface area contributed by atoms with E-state index in [1.165, 1.54) is 5.56 Å². The summed E-state index contributed by atoms with van der Waals surface area (Å²) in [6.45, 7) is 0.627. The molecule has 1 aromatic rings. The van der Waals surface area contributed by atoms with Crippen LogP contribution in [0.1, 0.15) is 12.0 Å². The van der Waals surface area contributed by atoms with Crippen LogP contribution in [0, 0.1) is 0 Å². The van der Waals surface area contributed by atoms with E-state index >= 15 is 0 Å². The first-order chi connectivity index (χ1) is 9.16. The van der Waals surface area contributed by atoms with Crippen LogP contribution in [0.5, 0.6) is 0 Å². The number of hydrogen-bond donors (Lipinski definition) is 2. The summed E-state index contributed by atoms with van der Waals surface area (Å²) in [5.41, 5.74) is 6.83. The monoisotopic (exact) mass is 292 g/mol. The highest BCUT2D eigenvalue weighted by Crippen LogP contribution is 2.33. The number of nitrogens with two attached hydrogens (primary N) is 1. The van der Waals surface area contributed by atoms with Crippen LogP contribution in [-0.4, -0.2) is 18.1 Å². The van der Waals surface area contributed by atoms with Crippen molar-refractivity contribution in [3.63, 3.8) is 0 Å². The molecule has 0 bridgehead atoms. The first-order valence-corrected chi connectivity index (χ1v) is 7.17. The van der Waals surface area contributed by atoms with Crippen molar-refractivity contribution in [1.29, 1.82) is 0 Å². The third-order valence-corrected chi connectivity index (χ3v) is 3.87. The lowest BCUT2D eigenvalue weighted by Gasteiger charge is -2.30. The standard InChI is InChI=1S/C15H17ClN2S/c16-13-6-4-12(5-7-13)15(8-2-1-3-9-15)11-18-14(17)10-19/h1-8,19H,9-11H2,(H2,17,18). The van der Waals surface area contributed by atoms with Crippen molar-refractivity contribution >= 4 is 30.1 Å². The van der Waals surface area contributed by atoms with Crippen LogP contribution in [0.25, 0.3) is 0 Å². The van der Waals surface area contributed by atoms with E-state index in [1.807, 2.05) is 12.1 Å². The van der Waals surface area contributed by atoms with E-state index in [0.29, 0.717) is 18.1 Å². The fourth-order valence-corrected chi connectivity index (χ4v) is 2.39. The second kappa shape index (κ2) is 6.31. The molecule has 0 heterocycles. The quantitative estimate of drug-likeness (QED) is 0.498. The van der Waals surface area contributed by atoms with E-state index in [-0.39, 0.29) is 5.41 Å². The highest BCUT2D eigenvalue weighted by atomic mass is 35.5. The predicted octanol–water partition coefficient (Wildman–Crippen LogP) is 3.38. The summed E-state index contributed by atoms with van der Waals surface area (Å²) >= 11 is 10.1. The molecule has 1 aromatic carbocycles. The molecular formula is C15H17ClN2S. The zero-order valence-corrected chi connectivity index (χ0v) is 12.2. The summed E-state index contributed by atoms with van der Waals surface area (Å²) in [7, 11) is 0. The highest BCUT2D eigenvalue weighted by molar-refractivity contribution is 7.81. The van der Waals surface area contributed by atoms with Crippen molar-refractivity contribution < 1.29 is 0 Å². The lowest BCUT2D eigenvalue weighted by atomic mass is 9.75. The second-order valence-corrected chi connectivity index (χ2v) is 5.37. The van der Waals surface area contributed by atoms with Crippen LogP contribution in [-0.2, 0) is 5.41 Å². The van der Waals surface area contributed by atoms with Gasteiger partial charge in [-0.05, 0) is 24.1 Å². The average molecular weight is 293 g/mol. The van der Waals surface area contributed by atoms with Crippen molar-refractivity contribution in [3.8, 4) is 0 Å². The summed E-state index contributed by atoms with van der Waals surface area (Å²) < 4.78 is 0. The summed E-state index contributed by atoms with van der Waals surface area (Å²) in [5.74, 6) is 1.05. The maximum absolute atomic E-state index is 5.96. The van der Waals surface area contributed by atoms with Crippen molar-refractivity contribution in [2.75, 3.05) is 12.3 Å². The van der Waals surface area contributed by atoms with E-state index < -0.39 is 0 Å². The Hall–Kier alpha value is -1.19. The van der Waals surface area contributed by atoms with Gasteiger partial charge in [0, 0.05) is 16.2 Å². The molecule has 1 atom stereocenters. The van der Waals surface area contributed by atoms with Gasteiger partial charge in [0.15, 0.2) is 0 Å². The van der Waals surface area contributed by atoms with Crippen molar-refractivity contribution in [2.45, 2.75) is 11.8 Å². The lowest BCUT2D eigenvalue weighted by Crippen LogP contribution is -2.29. The van der Waals surface area contributed by atoms with Crippen LogP contribution >= 0.6 is 24.2 Å². The Labute approximate surface area is 124 Å². The van der Waals surface area contributed by atoms with Gasteiger partial charge in [-0.3, -0.25) is 4.99 Å². The van der Waals surface area contributed by atoms with Crippen molar-refractivity contribution in [2.24, 2.45) is 10.7 Å². The molecule has 0 saturated carbocycles. The zero-order valence-electron chi connectivity index (χ0n) is 10.6. The molecule has 4 heteroatoms. The Morgan fingerprint density at radius 3 is 2.63 bits per heavy atom. The molecule has 1 unspecified atom stereocenters. The Morgan fingerprint density at radius 2 is 2.05 bits per heavy atom. The zero-order chi connectivity index (χ0) is 13.7. The molecule has 0 aromatic heterocycles. The van der Waals surface area contributed by atoms with E-state index in [0.717, 1.165) is 11.4 Å². The normalized spacial score (nSPS) is 22.7. The van der Waals surface area contributed by atoms with Gasteiger partial charge in [-0.2, -0.15) is 12.6 Å². The van der Waals surface area contributed by atoms with E-state index in [4.69, 9.17) is 17.3 Å². The number of hydrogen-bond acceptors (Lipinski definition) is 2. The molecule has 2 N–H and O–H groups in total.